The van der Waals surface area contributed by atoms with Crippen molar-refractivity contribution in [1.29, 1.82) is 0 Å². The number of allylic oxidation sites excluding steroid dienone is 1. The molecule has 0 saturated carbocycles. The Balaban J connectivity index is 2.60. The van der Waals surface area contributed by atoms with Gasteiger partial charge in [0.25, 0.3) is 0 Å². The van der Waals surface area contributed by atoms with Gasteiger partial charge in [0.15, 0.2) is 5.82 Å². The number of nitrogens with one attached hydrogen (secondary N) is 2. The van der Waals surface area contributed by atoms with Crippen molar-refractivity contribution < 1.29 is 4.79 Å². The summed E-state index contributed by atoms with van der Waals surface area (Å²) in [4.78, 5) is 15.5. The van der Waals surface area contributed by atoms with Gasteiger partial charge in [-0.1, -0.05) is 5.57 Å². The molecule has 1 unspecified atom stereocenters. The van der Waals surface area contributed by atoms with E-state index in [4.69, 9.17) is 0 Å². The predicted molar refractivity (Wildman–Crippen MR) is 57.1 cm³/mol. The van der Waals surface area contributed by atoms with E-state index in [1.54, 1.807) is 6.08 Å². The third kappa shape index (κ3) is 3.53. The molecule has 0 fully saturated rings. The molecule has 1 heterocycles. The van der Waals surface area contributed by atoms with Crippen LogP contribution in [0.3, 0.4) is 0 Å². The maximum atomic E-state index is 11.4. The molecule has 0 aliphatic rings. The number of nitrogens with zero attached hydrogens (tertiary/aromatic N) is 2. The van der Waals surface area contributed by atoms with E-state index in [1.807, 2.05) is 27.7 Å². The Labute approximate surface area is 89.0 Å². The van der Waals surface area contributed by atoms with Crippen molar-refractivity contribution in [3.63, 3.8) is 0 Å². The number of amides is 1. The molecule has 1 aromatic rings. The van der Waals surface area contributed by atoms with Gasteiger partial charge in [0, 0.05) is 6.08 Å². The van der Waals surface area contributed by atoms with Gasteiger partial charge in [0.2, 0.25) is 5.91 Å². The third-order valence-electron chi connectivity index (χ3n) is 1.78. The van der Waals surface area contributed by atoms with Gasteiger partial charge in [0.1, 0.15) is 5.82 Å². The van der Waals surface area contributed by atoms with E-state index in [1.165, 1.54) is 0 Å². The SMILES string of the molecule is CC(C)=CC(=O)NC(C)c1n[nH]c(C)n1. The van der Waals surface area contributed by atoms with Crippen LogP contribution in [0.1, 0.15) is 38.5 Å². The van der Waals surface area contributed by atoms with Crippen molar-refractivity contribution in [2.75, 3.05) is 0 Å². The largest absolute Gasteiger partial charge is 0.343 e. The average molecular weight is 208 g/mol. The fourth-order valence-electron chi connectivity index (χ4n) is 1.14. The second-order valence-corrected chi connectivity index (χ2v) is 3.73. The summed E-state index contributed by atoms with van der Waals surface area (Å²) in [6.07, 6.45) is 1.55. The van der Waals surface area contributed by atoms with Crippen molar-refractivity contribution in [2.24, 2.45) is 0 Å². The summed E-state index contributed by atoms with van der Waals surface area (Å²) in [6, 6.07) is -0.182. The highest BCUT2D eigenvalue weighted by molar-refractivity contribution is 5.88. The van der Waals surface area contributed by atoms with Gasteiger partial charge in [-0.2, -0.15) is 5.10 Å². The first-order chi connectivity index (χ1) is 6.99. The number of hydrogen-bond donors (Lipinski definition) is 2. The third-order valence-corrected chi connectivity index (χ3v) is 1.78. The standard InChI is InChI=1S/C10H16N4O/c1-6(2)5-9(15)11-7(3)10-12-8(4)13-14-10/h5,7H,1-4H3,(H,11,15)(H,12,13,14). The first kappa shape index (κ1) is 11.4. The van der Waals surface area contributed by atoms with E-state index in [9.17, 15) is 4.79 Å². The molecule has 1 aromatic heterocycles. The van der Waals surface area contributed by atoms with Crippen LogP contribution in [0.4, 0.5) is 0 Å². The molecule has 0 aliphatic heterocycles. The highest BCUT2D eigenvalue weighted by Crippen LogP contribution is 2.05. The van der Waals surface area contributed by atoms with Crippen LogP contribution in [0.5, 0.6) is 0 Å². The molecule has 1 amide bonds. The summed E-state index contributed by atoms with van der Waals surface area (Å²) in [5.74, 6) is 1.22. The van der Waals surface area contributed by atoms with Crippen LogP contribution in [0.25, 0.3) is 0 Å². The lowest BCUT2D eigenvalue weighted by Gasteiger charge is -2.07. The summed E-state index contributed by atoms with van der Waals surface area (Å²) in [5, 5.41) is 9.49. The van der Waals surface area contributed by atoms with Gasteiger partial charge in [-0.15, -0.1) is 0 Å². The topological polar surface area (TPSA) is 70.7 Å². The highest BCUT2D eigenvalue weighted by atomic mass is 16.1. The number of hydrogen-bond acceptors (Lipinski definition) is 3. The second-order valence-electron chi connectivity index (χ2n) is 3.73. The first-order valence-corrected chi connectivity index (χ1v) is 4.83. The Hall–Kier alpha value is -1.65. The van der Waals surface area contributed by atoms with E-state index >= 15 is 0 Å². The molecule has 0 radical (unpaired) electrons. The molecule has 82 valence electrons. The number of rotatable bonds is 3. The molecule has 0 aliphatic carbocycles. The molecule has 0 saturated heterocycles. The van der Waals surface area contributed by atoms with Crippen molar-refractivity contribution in [3.05, 3.63) is 23.3 Å². The van der Waals surface area contributed by atoms with Crippen molar-refractivity contribution in [1.82, 2.24) is 20.5 Å². The molecule has 0 bridgehead atoms. The second kappa shape index (κ2) is 4.72. The molecule has 0 aromatic carbocycles. The van der Waals surface area contributed by atoms with Gasteiger partial charge in [0.05, 0.1) is 6.04 Å². The maximum Gasteiger partial charge on any atom is 0.244 e. The van der Waals surface area contributed by atoms with Crippen LogP contribution < -0.4 is 5.32 Å². The lowest BCUT2D eigenvalue weighted by Crippen LogP contribution is -2.25. The Morgan fingerprint density at radius 1 is 1.53 bits per heavy atom. The fourth-order valence-corrected chi connectivity index (χ4v) is 1.14. The van der Waals surface area contributed by atoms with E-state index in [2.05, 4.69) is 20.5 Å². The zero-order valence-electron chi connectivity index (χ0n) is 9.46. The first-order valence-electron chi connectivity index (χ1n) is 4.83. The van der Waals surface area contributed by atoms with E-state index in [-0.39, 0.29) is 11.9 Å². The number of aromatic amines is 1. The molecule has 15 heavy (non-hydrogen) atoms. The van der Waals surface area contributed by atoms with Gasteiger partial charge in [-0.05, 0) is 27.7 Å². The van der Waals surface area contributed by atoms with Crippen LogP contribution in [0, 0.1) is 6.92 Å². The number of H-pyrrole nitrogens is 1. The van der Waals surface area contributed by atoms with Gasteiger partial charge in [-0.3, -0.25) is 9.89 Å². The van der Waals surface area contributed by atoms with Gasteiger partial charge < -0.3 is 5.32 Å². The van der Waals surface area contributed by atoms with Crippen LogP contribution in [-0.4, -0.2) is 21.1 Å². The lowest BCUT2D eigenvalue weighted by molar-refractivity contribution is -0.117. The van der Waals surface area contributed by atoms with Gasteiger partial charge >= 0.3 is 0 Å². The molecule has 1 rings (SSSR count). The Morgan fingerprint density at radius 2 is 2.20 bits per heavy atom. The van der Waals surface area contributed by atoms with Crippen molar-refractivity contribution in [2.45, 2.75) is 33.7 Å². The van der Waals surface area contributed by atoms with Crippen LogP contribution in [-0.2, 0) is 4.79 Å². The molecule has 1 atom stereocenters. The molecule has 5 heteroatoms. The minimum absolute atomic E-state index is 0.120. The highest BCUT2D eigenvalue weighted by Gasteiger charge is 2.11. The Morgan fingerprint density at radius 3 is 2.67 bits per heavy atom. The number of aryl methyl sites for hydroxylation is 1. The molecular weight excluding hydrogens is 192 g/mol. The van der Waals surface area contributed by atoms with Crippen LogP contribution in [0.2, 0.25) is 0 Å². The average Bonchev–Trinajstić information content (AvgIpc) is 2.49. The number of carbonyl (C=O) groups is 1. The summed E-state index contributed by atoms with van der Waals surface area (Å²) in [6.45, 7) is 7.42. The van der Waals surface area contributed by atoms with E-state index in [0.717, 1.165) is 11.4 Å². The molecule has 2 N–H and O–H groups in total. The molecule has 5 nitrogen and oxygen atoms in total. The summed E-state index contributed by atoms with van der Waals surface area (Å²) in [5.41, 5.74) is 0.964. The molecule has 0 spiro atoms. The quantitative estimate of drug-likeness (QED) is 0.734. The number of carbonyl (C=O) groups excluding carboxylic acids is 1. The monoisotopic (exact) mass is 208 g/mol. The van der Waals surface area contributed by atoms with Crippen molar-refractivity contribution in [3.8, 4) is 0 Å². The summed E-state index contributed by atoms with van der Waals surface area (Å²) >= 11 is 0. The fraction of sp³-hybridized carbons (Fsp3) is 0.500. The maximum absolute atomic E-state index is 11.4. The van der Waals surface area contributed by atoms with E-state index < -0.39 is 0 Å². The predicted octanol–water partition coefficient (Wildman–Crippen LogP) is 1.26. The summed E-state index contributed by atoms with van der Waals surface area (Å²) < 4.78 is 0. The zero-order chi connectivity index (χ0) is 11.4. The number of aromatic nitrogens is 3. The van der Waals surface area contributed by atoms with E-state index in [0.29, 0.717) is 5.82 Å². The Kier molecular flexibility index (Phi) is 3.60. The Bertz CT molecular complexity index is 377. The minimum atomic E-state index is -0.182. The molecular formula is C10H16N4O. The van der Waals surface area contributed by atoms with Crippen LogP contribution in [0.15, 0.2) is 11.6 Å². The summed E-state index contributed by atoms with van der Waals surface area (Å²) in [7, 11) is 0. The minimum Gasteiger partial charge on any atom is -0.343 e. The lowest BCUT2D eigenvalue weighted by atomic mass is 10.3. The van der Waals surface area contributed by atoms with Crippen molar-refractivity contribution >= 4 is 5.91 Å². The normalized spacial score (nSPS) is 12.0. The van der Waals surface area contributed by atoms with Crippen LogP contribution >= 0.6 is 0 Å². The smallest absolute Gasteiger partial charge is 0.244 e. The zero-order valence-corrected chi connectivity index (χ0v) is 9.46. The van der Waals surface area contributed by atoms with Gasteiger partial charge in [-0.25, -0.2) is 4.98 Å².